The van der Waals surface area contributed by atoms with Crippen molar-refractivity contribution in [3.05, 3.63) is 76.0 Å². The number of hydrogen-bond donors (Lipinski definition) is 0. The van der Waals surface area contributed by atoms with E-state index in [4.69, 9.17) is 19.0 Å². The van der Waals surface area contributed by atoms with Crippen molar-refractivity contribution < 1.29 is 23.1 Å². The molecule has 9 heteroatoms. The van der Waals surface area contributed by atoms with Gasteiger partial charge in [-0.15, -0.1) is 0 Å². The second-order valence-corrected chi connectivity index (χ2v) is 17.8. The molecule has 0 bridgehead atoms. The molecular formula is C34H44FN3O4Si. The van der Waals surface area contributed by atoms with Crippen LogP contribution in [0.1, 0.15) is 72.7 Å². The van der Waals surface area contributed by atoms with Crippen LogP contribution in [0.4, 0.5) is 4.39 Å². The molecule has 0 unspecified atom stereocenters. The zero-order valence-electron chi connectivity index (χ0n) is 26.8. The van der Waals surface area contributed by atoms with Crippen LogP contribution in [0.3, 0.4) is 0 Å². The van der Waals surface area contributed by atoms with Crippen molar-refractivity contribution in [2.45, 2.75) is 85.4 Å². The molecule has 5 rings (SSSR count). The van der Waals surface area contributed by atoms with Crippen LogP contribution >= 0.6 is 0 Å². The van der Waals surface area contributed by atoms with Crippen LogP contribution in [0.15, 0.2) is 36.4 Å². The van der Waals surface area contributed by atoms with Crippen LogP contribution in [0, 0.1) is 12.7 Å². The molecule has 0 fully saturated rings. The zero-order chi connectivity index (χ0) is 31.1. The quantitative estimate of drug-likeness (QED) is 0.123. The normalized spacial score (nSPS) is 13.9. The number of halogens is 1. The summed E-state index contributed by atoms with van der Waals surface area (Å²) in [6, 6.07) is 11.4. The lowest BCUT2D eigenvalue weighted by Crippen LogP contribution is -2.41. The maximum Gasteiger partial charge on any atom is 0.355 e. The van der Waals surface area contributed by atoms with Crippen molar-refractivity contribution in [2.24, 2.45) is 7.05 Å². The lowest BCUT2D eigenvalue weighted by molar-refractivity contribution is 0.0513. The molecule has 0 atom stereocenters. The third kappa shape index (κ3) is 5.82. The molecule has 4 aromatic rings. The lowest BCUT2D eigenvalue weighted by Gasteiger charge is -2.36. The van der Waals surface area contributed by atoms with Crippen LogP contribution in [0.5, 0.6) is 0 Å². The van der Waals surface area contributed by atoms with Gasteiger partial charge in [-0.25, -0.2) is 9.18 Å². The molecule has 230 valence electrons. The third-order valence-electron chi connectivity index (χ3n) is 9.19. The van der Waals surface area contributed by atoms with Crippen LogP contribution < -0.4 is 0 Å². The molecule has 0 amide bonds. The fourth-order valence-electron chi connectivity index (χ4n) is 5.75. The number of carbonyl (C=O) groups is 1. The van der Waals surface area contributed by atoms with Gasteiger partial charge in [0, 0.05) is 42.4 Å². The first kappa shape index (κ1) is 31.2. The topological polar surface area (TPSA) is 67.5 Å². The molecule has 0 saturated heterocycles. The minimum Gasteiger partial charge on any atom is -0.461 e. The minimum atomic E-state index is -1.93. The first-order valence-corrected chi connectivity index (χ1v) is 18.1. The van der Waals surface area contributed by atoms with Crippen LogP contribution in [-0.2, 0) is 47.1 Å². The van der Waals surface area contributed by atoms with Gasteiger partial charge in [0.2, 0.25) is 0 Å². The third-order valence-corrected chi connectivity index (χ3v) is 13.7. The second-order valence-electron chi connectivity index (χ2n) is 13.0. The van der Waals surface area contributed by atoms with E-state index in [2.05, 4.69) is 33.9 Å². The van der Waals surface area contributed by atoms with Gasteiger partial charge in [0.1, 0.15) is 11.5 Å². The molecule has 2 aromatic heterocycles. The van der Waals surface area contributed by atoms with E-state index in [-0.39, 0.29) is 24.1 Å². The Bertz CT molecular complexity index is 1660. The lowest BCUT2D eigenvalue weighted by atomic mass is 9.97. The molecule has 0 aliphatic carbocycles. The van der Waals surface area contributed by atoms with Gasteiger partial charge in [-0.05, 0) is 73.6 Å². The smallest absolute Gasteiger partial charge is 0.355 e. The number of hydrogen-bond acceptors (Lipinski definition) is 5. The maximum atomic E-state index is 16.2. The summed E-state index contributed by atoms with van der Waals surface area (Å²) in [6.45, 7) is 16.8. The Morgan fingerprint density at radius 3 is 2.51 bits per heavy atom. The van der Waals surface area contributed by atoms with Crippen molar-refractivity contribution >= 4 is 25.2 Å². The van der Waals surface area contributed by atoms with Gasteiger partial charge in [0.05, 0.1) is 31.0 Å². The van der Waals surface area contributed by atoms with E-state index in [1.807, 2.05) is 55.8 Å². The Labute approximate surface area is 255 Å². The highest BCUT2D eigenvalue weighted by atomic mass is 28.4. The molecular weight excluding hydrogens is 561 g/mol. The second kappa shape index (κ2) is 12.0. The molecule has 43 heavy (non-hydrogen) atoms. The fourth-order valence-corrected chi connectivity index (χ4v) is 6.84. The Morgan fingerprint density at radius 2 is 1.81 bits per heavy atom. The first-order chi connectivity index (χ1) is 20.4. The number of aryl methyl sites for hydroxylation is 2. The molecule has 0 radical (unpaired) electrons. The van der Waals surface area contributed by atoms with E-state index in [1.165, 1.54) is 6.07 Å². The summed E-state index contributed by atoms with van der Waals surface area (Å²) in [5.41, 5.74) is 6.67. The summed E-state index contributed by atoms with van der Waals surface area (Å²) in [4.78, 5) is 13.8. The number of ether oxygens (including phenoxy) is 2. The Hall–Kier alpha value is -3.27. The van der Waals surface area contributed by atoms with Crippen molar-refractivity contribution in [3.63, 3.8) is 0 Å². The largest absolute Gasteiger partial charge is 0.461 e. The van der Waals surface area contributed by atoms with Gasteiger partial charge in [-0.1, -0.05) is 45.0 Å². The zero-order valence-corrected chi connectivity index (χ0v) is 27.8. The van der Waals surface area contributed by atoms with Crippen molar-refractivity contribution in [2.75, 3.05) is 13.2 Å². The predicted octanol–water partition coefficient (Wildman–Crippen LogP) is 7.70. The van der Waals surface area contributed by atoms with Crippen LogP contribution in [0.25, 0.3) is 22.0 Å². The number of benzene rings is 2. The standard InChI is InChI=1S/C34H44FN3O4Si/c1-9-41-33(39)32-25(15-12-18-42-43(7,8)34(3,4)5)26-16-17-27(35)30-29-22(2)37(6)36-28(29)21-40-20-24-14-11-10-13-23(24)19-38(32)31(26)30/h10-11,13-14,16-17H,9,12,15,18-21H2,1-8H3. The summed E-state index contributed by atoms with van der Waals surface area (Å²) in [5, 5.41) is 5.67. The summed E-state index contributed by atoms with van der Waals surface area (Å²) < 4.78 is 38.2. The Morgan fingerprint density at radius 1 is 1.09 bits per heavy atom. The fraction of sp³-hybridized carbons (Fsp3) is 0.471. The van der Waals surface area contributed by atoms with Crippen LogP contribution in [0.2, 0.25) is 18.1 Å². The summed E-state index contributed by atoms with van der Waals surface area (Å²) in [5.74, 6) is -0.767. The number of rotatable bonds is 7. The Balaban J connectivity index is 1.75. The molecule has 0 N–H and O–H groups in total. The summed E-state index contributed by atoms with van der Waals surface area (Å²) in [7, 11) is -0.0735. The molecule has 2 aromatic carbocycles. The minimum absolute atomic E-state index is 0.104. The predicted molar refractivity (Wildman–Crippen MR) is 170 cm³/mol. The van der Waals surface area contributed by atoms with Gasteiger partial charge in [-0.3, -0.25) is 4.68 Å². The average molecular weight is 606 g/mol. The summed E-state index contributed by atoms with van der Waals surface area (Å²) >= 11 is 0. The molecule has 1 aliphatic rings. The van der Waals surface area contributed by atoms with Gasteiger partial charge in [-0.2, -0.15) is 5.10 Å². The number of nitrogens with zero attached hydrogens (tertiary/aromatic N) is 3. The van der Waals surface area contributed by atoms with E-state index < -0.39 is 14.3 Å². The molecule has 3 heterocycles. The van der Waals surface area contributed by atoms with E-state index >= 15 is 4.39 Å². The highest BCUT2D eigenvalue weighted by Gasteiger charge is 2.37. The number of aromatic nitrogens is 3. The molecule has 7 nitrogen and oxygen atoms in total. The average Bonchev–Trinajstić information content (AvgIpc) is 3.39. The molecule has 0 spiro atoms. The monoisotopic (exact) mass is 605 g/mol. The van der Waals surface area contributed by atoms with E-state index in [1.54, 1.807) is 4.68 Å². The van der Waals surface area contributed by atoms with Gasteiger partial charge in [0.25, 0.3) is 0 Å². The highest BCUT2D eigenvalue weighted by molar-refractivity contribution is 6.74. The molecule has 1 aliphatic heterocycles. The van der Waals surface area contributed by atoms with Crippen molar-refractivity contribution in [1.29, 1.82) is 0 Å². The maximum absolute atomic E-state index is 16.2. The SMILES string of the molecule is CCOC(=O)c1c(CCCO[Si](C)(C)C(C)(C)C)c2ccc(F)c3c2n1Cc1ccccc1COCc1nn(C)c(C)c1-3. The Kier molecular flexibility index (Phi) is 8.71. The van der Waals surface area contributed by atoms with E-state index in [0.717, 1.165) is 34.2 Å². The van der Waals surface area contributed by atoms with E-state index in [9.17, 15) is 4.79 Å². The number of carbonyl (C=O) groups excluding carboxylic acids is 1. The van der Waals surface area contributed by atoms with Crippen molar-refractivity contribution in [1.82, 2.24) is 14.3 Å². The van der Waals surface area contributed by atoms with Crippen LogP contribution in [-0.4, -0.2) is 41.8 Å². The highest BCUT2D eigenvalue weighted by Crippen LogP contribution is 2.41. The van der Waals surface area contributed by atoms with Gasteiger partial charge in [0.15, 0.2) is 8.32 Å². The number of esters is 1. The van der Waals surface area contributed by atoms with Gasteiger partial charge >= 0.3 is 5.97 Å². The van der Waals surface area contributed by atoms with Gasteiger partial charge < -0.3 is 18.5 Å². The summed E-state index contributed by atoms with van der Waals surface area (Å²) in [6.07, 6.45) is 1.33. The van der Waals surface area contributed by atoms with E-state index in [0.29, 0.717) is 54.2 Å². The molecule has 0 saturated carbocycles. The first-order valence-electron chi connectivity index (χ1n) is 15.2. The number of fused-ring (bicyclic) bond motifs is 3. The van der Waals surface area contributed by atoms with Crippen molar-refractivity contribution in [3.8, 4) is 11.1 Å².